The van der Waals surface area contributed by atoms with Crippen molar-refractivity contribution < 1.29 is 33.2 Å². The predicted octanol–water partition coefficient (Wildman–Crippen LogP) is 6.00. The minimum atomic E-state index is -4.99. The lowest BCUT2D eigenvalue weighted by atomic mass is 9.82. The third kappa shape index (κ3) is 5.77. The summed E-state index contributed by atoms with van der Waals surface area (Å²) < 4.78 is 40.4. The SMILES string of the molecule is O=C(Nc1ccc([N+](=O)O)c(C(F)(F)F)c1)C(O)(C#Cc1ccccc1)CC1(c2ccccc2Cl)CC1. The Bertz CT molecular complexity index is 1410. The molecule has 1 fully saturated rings. The van der Waals surface area contributed by atoms with Crippen LogP contribution < -0.4 is 5.32 Å². The van der Waals surface area contributed by atoms with E-state index in [0.717, 1.165) is 11.6 Å². The molecule has 0 aliphatic heterocycles. The maximum atomic E-state index is 13.5. The molecule has 1 aliphatic rings. The van der Waals surface area contributed by atoms with Crippen LogP contribution in [0.25, 0.3) is 0 Å². The maximum absolute atomic E-state index is 13.5. The Morgan fingerprint density at radius 3 is 2.30 bits per heavy atom. The second-order valence-electron chi connectivity index (χ2n) is 8.87. The number of carbonyl (C=O) groups is 1. The number of hydrogen-bond acceptors (Lipinski definition) is 3. The summed E-state index contributed by atoms with van der Waals surface area (Å²) in [4.78, 5) is 23.6. The van der Waals surface area contributed by atoms with Crippen LogP contribution >= 0.6 is 11.6 Å². The van der Waals surface area contributed by atoms with E-state index in [1.54, 1.807) is 54.6 Å². The third-order valence-corrected chi connectivity index (χ3v) is 6.55. The van der Waals surface area contributed by atoms with Gasteiger partial charge in [-0.2, -0.15) is 13.2 Å². The van der Waals surface area contributed by atoms with Crippen LogP contribution in [0.2, 0.25) is 5.02 Å². The number of halogens is 4. The molecule has 1 unspecified atom stereocenters. The molecule has 0 bridgehead atoms. The van der Waals surface area contributed by atoms with Crippen LogP contribution in [0.5, 0.6) is 0 Å². The van der Waals surface area contributed by atoms with Crippen molar-refractivity contribution in [2.24, 2.45) is 0 Å². The van der Waals surface area contributed by atoms with Gasteiger partial charge in [-0.1, -0.05) is 59.8 Å². The summed E-state index contributed by atoms with van der Waals surface area (Å²) in [7, 11) is 0. The molecule has 1 aliphatic carbocycles. The van der Waals surface area contributed by atoms with Crippen LogP contribution in [0, 0.1) is 16.7 Å². The van der Waals surface area contributed by atoms with Gasteiger partial charge in [0.25, 0.3) is 10.8 Å². The molecule has 37 heavy (non-hydrogen) atoms. The average Bonchev–Trinajstić information content (AvgIpc) is 3.63. The van der Waals surface area contributed by atoms with Gasteiger partial charge < -0.3 is 10.4 Å². The highest BCUT2D eigenvalue weighted by Crippen LogP contribution is 2.55. The summed E-state index contributed by atoms with van der Waals surface area (Å²) >= 11 is 6.39. The smallest absolute Gasteiger partial charge is 0.369 e. The van der Waals surface area contributed by atoms with Crippen LogP contribution in [0.4, 0.5) is 24.5 Å². The monoisotopic (exact) mass is 529 g/mol. The van der Waals surface area contributed by atoms with Crippen molar-refractivity contribution in [2.75, 3.05) is 5.32 Å². The zero-order valence-electron chi connectivity index (χ0n) is 19.2. The summed E-state index contributed by atoms with van der Waals surface area (Å²) in [6.07, 6.45) is -3.89. The highest BCUT2D eigenvalue weighted by molar-refractivity contribution is 6.31. The van der Waals surface area contributed by atoms with Gasteiger partial charge in [-0.05, 0) is 48.7 Å². The number of carbonyl (C=O) groups excluding carboxylic acids is 1. The molecule has 0 aromatic heterocycles. The lowest BCUT2D eigenvalue weighted by Crippen LogP contribution is -2.44. The van der Waals surface area contributed by atoms with Crippen molar-refractivity contribution >= 4 is 28.9 Å². The Labute approximate surface area is 215 Å². The van der Waals surface area contributed by atoms with Gasteiger partial charge in [-0.15, -0.1) is 0 Å². The molecule has 0 saturated heterocycles. The molecule has 0 heterocycles. The van der Waals surface area contributed by atoms with E-state index in [0.29, 0.717) is 35.6 Å². The number of alkyl halides is 3. The van der Waals surface area contributed by atoms with E-state index >= 15 is 0 Å². The quantitative estimate of drug-likeness (QED) is 0.270. The lowest BCUT2D eigenvalue weighted by molar-refractivity contribution is -0.730. The van der Waals surface area contributed by atoms with Gasteiger partial charge in [0.1, 0.15) is 5.56 Å². The molecular formula is C27H21ClF3N2O4+. The maximum Gasteiger partial charge on any atom is 0.423 e. The molecule has 3 N–H and O–H groups in total. The molecule has 10 heteroatoms. The highest BCUT2D eigenvalue weighted by atomic mass is 35.5. The van der Waals surface area contributed by atoms with Crippen molar-refractivity contribution in [3.63, 3.8) is 0 Å². The van der Waals surface area contributed by atoms with Crippen LogP contribution in [0.1, 0.15) is 36.0 Å². The molecule has 1 saturated carbocycles. The van der Waals surface area contributed by atoms with Crippen molar-refractivity contribution in [1.82, 2.24) is 0 Å². The normalized spacial score (nSPS) is 15.6. The van der Waals surface area contributed by atoms with Crippen LogP contribution in [-0.4, -0.2) is 26.7 Å². The van der Waals surface area contributed by atoms with Crippen LogP contribution in [0.15, 0.2) is 72.8 Å². The molecule has 3 aromatic carbocycles. The summed E-state index contributed by atoms with van der Waals surface area (Å²) in [5.41, 5.74) is -4.52. The van der Waals surface area contributed by atoms with Gasteiger partial charge in [0.15, 0.2) is 0 Å². The number of nitrogens with zero attached hydrogens (tertiary/aromatic N) is 1. The molecule has 6 nitrogen and oxygen atoms in total. The summed E-state index contributed by atoms with van der Waals surface area (Å²) in [6, 6.07) is 17.9. The minimum Gasteiger partial charge on any atom is -0.369 e. The van der Waals surface area contributed by atoms with E-state index in [4.69, 9.17) is 16.8 Å². The zero-order valence-corrected chi connectivity index (χ0v) is 20.0. The zero-order chi connectivity index (χ0) is 26.8. The van der Waals surface area contributed by atoms with Crippen molar-refractivity contribution in [3.05, 3.63) is 99.4 Å². The molecule has 1 amide bonds. The van der Waals surface area contributed by atoms with Crippen molar-refractivity contribution in [2.45, 2.75) is 36.5 Å². The second-order valence-corrected chi connectivity index (χ2v) is 9.28. The molecule has 0 radical (unpaired) electrons. The molecule has 3 aromatic rings. The third-order valence-electron chi connectivity index (χ3n) is 6.22. The fraction of sp³-hybridized carbons (Fsp3) is 0.222. The number of rotatable bonds is 6. The number of aliphatic hydroxyl groups is 1. The summed E-state index contributed by atoms with van der Waals surface area (Å²) in [6.45, 7) is 0. The first-order valence-corrected chi connectivity index (χ1v) is 11.6. The minimum absolute atomic E-state index is 0.148. The van der Waals surface area contributed by atoms with Gasteiger partial charge in [0.05, 0.1) is 4.91 Å². The molecule has 1 atom stereocenters. The van der Waals surface area contributed by atoms with E-state index in [1.807, 2.05) is 0 Å². The predicted molar refractivity (Wildman–Crippen MR) is 130 cm³/mol. The summed E-state index contributed by atoms with van der Waals surface area (Å²) in [5, 5.41) is 23.3. The van der Waals surface area contributed by atoms with Gasteiger partial charge >= 0.3 is 11.9 Å². The highest BCUT2D eigenvalue weighted by Gasteiger charge is 2.53. The van der Waals surface area contributed by atoms with E-state index in [2.05, 4.69) is 17.2 Å². The Morgan fingerprint density at radius 1 is 1.05 bits per heavy atom. The van der Waals surface area contributed by atoms with E-state index < -0.39 is 39.3 Å². The van der Waals surface area contributed by atoms with Gasteiger partial charge in [0, 0.05) is 34.2 Å². The topological polar surface area (TPSA) is 89.6 Å². The van der Waals surface area contributed by atoms with Crippen molar-refractivity contribution in [1.29, 1.82) is 0 Å². The largest absolute Gasteiger partial charge is 0.423 e. The Kier molecular flexibility index (Phi) is 7.00. The standard InChI is InChI=1S/C27H20ClF3N2O4/c28-22-9-5-4-8-20(22)25(14-15-25)17-26(35,13-12-18-6-2-1-3-7-18)24(34)32-19-10-11-23(33(36)37)21(16-19)27(29,30)31/h1-11,16,35H,14-15,17H2,(H-,32,34,36,37)/p+1. The van der Waals surface area contributed by atoms with E-state index in [1.165, 1.54) is 0 Å². The lowest BCUT2D eigenvalue weighted by Gasteiger charge is -2.27. The fourth-order valence-corrected chi connectivity index (χ4v) is 4.53. The number of anilines is 1. The van der Waals surface area contributed by atoms with Crippen LogP contribution in [0.3, 0.4) is 0 Å². The molecule has 4 rings (SSSR count). The average molecular weight is 530 g/mol. The number of amides is 1. The molecule has 0 spiro atoms. The van der Waals surface area contributed by atoms with Crippen LogP contribution in [-0.2, 0) is 16.4 Å². The number of nitrogens with one attached hydrogen (secondary N) is 1. The first kappa shape index (κ1) is 26.2. The first-order valence-electron chi connectivity index (χ1n) is 11.2. The van der Waals surface area contributed by atoms with Gasteiger partial charge in [-0.25, -0.2) is 5.21 Å². The Morgan fingerprint density at radius 2 is 1.70 bits per heavy atom. The van der Waals surface area contributed by atoms with E-state index in [-0.39, 0.29) is 12.1 Å². The molecular weight excluding hydrogens is 509 g/mol. The first-order chi connectivity index (χ1) is 17.4. The number of benzene rings is 3. The van der Waals surface area contributed by atoms with Crippen molar-refractivity contribution in [3.8, 4) is 11.8 Å². The van der Waals surface area contributed by atoms with Gasteiger partial charge in [-0.3, -0.25) is 4.79 Å². The summed E-state index contributed by atoms with van der Waals surface area (Å²) in [5.74, 6) is 4.35. The molecule has 190 valence electrons. The number of hydrogen-bond donors (Lipinski definition) is 3. The van der Waals surface area contributed by atoms with E-state index in [9.17, 15) is 28.0 Å². The Balaban J connectivity index is 1.71. The Hall–Kier alpha value is -3.87. The van der Waals surface area contributed by atoms with Gasteiger partial charge in [0.2, 0.25) is 5.60 Å². The second kappa shape index (κ2) is 9.88. The fourth-order valence-electron chi connectivity index (χ4n) is 4.19.